The standard InChI is InChI=1S/C11H9ClN2O3S/c1-16-10(15)7-4-6(2-3-8(7)12)17-9-5-14-11(13)18-9/h2-5H,1H3,(H2,13,14). The number of aromatic nitrogens is 1. The van der Waals surface area contributed by atoms with Crippen LogP contribution in [0.15, 0.2) is 24.4 Å². The van der Waals surface area contributed by atoms with Crippen molar-refractivity contribution in [3.63, 3.8) is 0 Å². The highest BCUT2D eigenvalue weighted by Crippen LogP contribution is 2.30. The van der Waals surface area contributed by atoms with Gasteiger partial charge in [0.15, 0.2) is 5.13 Å². The molecule has 2 aromatic rings. The van der Waals surface area contributed by atoms with Gasteiger partial charge in [-0.2, -0.15) is 0 Å². The number of ether oxygens (including phenoxy) is 2. The van der Waals surface area contributed by atoms with Gasteiger partial charge in [-0.3, -0.25) is 0 Å². The Hall–Kier alpha value is -1.79. The molecule has 0 saturated carbocycles. The van der Waals surface area contributed by atoms with Crippen molar-refractivity contribution in [2.75, 3.05) is 12.8 Å². The summed E-state index contributed by atoms with van der Waals surface area (Å²) in [5.74, 6) is -0.0577. The molecule has 0 saturated heterocycles. The van der Waals surface area contributed by atoms with Crippen molar-refractivity contribution in [3.05, 3.63) is 35.0 Å². The Labute approximate surface area is 112 Å². The lowest BCUT2D eigenvalue weighted by molar-refractivity contribution is 0.0600. The molecule has 7 heteroatoms. The molecule has 1 aromatic heterocycles. The quantitative estimate of drug-likeness (QED) is 0.877. The number of rotatable bonds is 3. The largest absolute Gasteiger partial charge is 0.465 e. The van der Waals surface area contributed by atoms with Crippen LogP contribution in [0.3, 0.4) is 0 Å². The number of hydrogen-bond acceptors (Lipinski definition) is 6. The Kier molecular flexibility index (Phi) is 3.69. The topological polar surface area (TPSA) is 74.4 Å². The van der Waals surface area contributed by atoms with E-state index < -0.39 is 5.97 Å². The molecule has 5 nitrogen and oxygen atoms in total. The lowest BCUT2D eigenvalue weighted by Gasteiger charge is -2.06. The zero-order valence-electron chi connectivity index (χ0n) is 9.34. The zero-order chi connectivity index (χ0) is 13.1. The highest BCUT2D eigenvalue weighted by Gasteiger charge is 2.12. The van der Waals surface area contributed by atoms with E-state index in [4.69, 9.17) is 22.1 Å². The molecule has 1 aromatic carbocycles. The number of carbonyl (C=O) groups is 1. The average Bonchev–Trinajstić information content (AvgIpc) is 2.76. The van der Waals surface area contributed by atoms with Crippen molar-refractivity contribution < 1.29 is 14.3 Å². The van der Waals surface area contributed by atoms with Gasteiger partial charge in [0, 0.05) is 0 Å². The van der Waals surface area contributed by atoms with Crippen LogP contribution in [0.1, 0.15) is 10.4 Å². The predicted molar refractivity (Wildman–Crippen MR) is 69.4 cm³/mol. The number of thiazole rings is 1. The summed E-state index contributed by atoms with van der Waals surface area (Å²) in [5, 5.41) is 1.25. The number of anilines is 1. The van der Waals surface area contributed by atoms with Crippen LogP contribution in [0, 0.1) is 0 Å². The second kappa shape index (κ2) is 5.24. The van der Waals surface area contributed by atoms with E-state index in [0.29, 0.717) is 21.0 Å². The maximum Gasteiger partial charge on any atom is 0.339 e. The number of nitrogens with zero attached hydrogens (tertiary/aromatic N) is 1. The number of hydrogen-bond donors (Lipinski definition) is 1. The Morgan fingerprint density at radius 2 is 2.28 bits per heavy atom. The molecule has 0 fully saturated rings. The maximum atomic E-state index is 11.5. The smallest absolute Gasteiger partial charge is 0.339 e. The van der Waals surface area contributed by atoms with Crippen LogP contribution in [0.25, 0.3) is 0 Å². The molecule has 0 unspecified atom stereocenters. The molecule has 0 aliphatic heterocycles. The first-order valence-electron chi connectivity index (χ1n) is 4.87. The van der Waals surface area contributed by atoms with Gasteiger partial charge in [0.05, 0.1) is 23.9 Å². The third-order valence-corrected chi connectivity index (χ3v) is 3.10. The molecule has 2 N–H and O–H groups in total. The van der Waals surface area contributed by atoms with Gasteiger partial charge in [0.25, 0.3) is 0 Å². The molecule has 0 amide bonds. The molecule has 1 heterocycles. The Bertz CT molecular complexity index is 585. The van der Waals surface area contributed by atoms with Gasteiger partial charge < -0.3 is 15.2 Å². The van der Waals surface area contributed by atoms with Crippen LogP contribution < -0.4 is 10.5 Å². The first kappa shape index (κ1) is 12.7. The van der Waals surface area contributed by atoms with E-state index in [1.165, 1.54) is 30.7 Å². The molecule has 0 aliphatic rings. The fraction of sp³-hybridized carbons (Fsp3) is 0.0909. The molecular weight excluding hydrogens is 276 g/mol. The second-order valence-corrected chi connectivity index (χ2v) is 4.68. The summed E-state index contributed by atoms with van der Waals surface area (Å²) >= 11 is 7.09. The van der Waals surface area contributed by atoms with E-state index in [-0.39, 0.29) is 5.56 Å². The van der Waals surface area contributed by atoms with Gasteiger partial charge in [-0.15, -0.1) is 0 Å². The number of halogens is 1. The maximum absolute atomic E-state index is 11.5. The van der Waals surface area contributed by atoms with Crippen LogP contribution in [0.2, 0.25) is 5.02 Å². The number of nitrogens with two attached hydrogens (primary N) is 1. The summed E-state index contributed by atoms with van der Waals surface area (Å²) in [4.78, 5) is 15.3. The van der Waals surface area contributed by atoms with E-state index in [9.17, 15) is 4.79 Å². The molecule has 2 rings (SSSR count). The zero-order valence-corrected chi connectivity index (χ0v) is 10.9. The van der Waals surface area contributed by atoms with Gasteiger partial charge in [-0.25, -0.2) is 9.78 Å². The fourth-order valence-electron chi connectivity index (χ4n) is 1.27. The summed E-state index contributed by atoms with van der Waals surface area (Å²) in [7, 11) is 1.29. The van der Waals surface area contributed by atoms with Crippen molar-refractivity contribution in [1.29, 1.82) is 0 Å². The second-order valence-electron chi connectivity index (χ2n) is 3.25. The van der Waals surface area contributed by atoms with E-state index in [0.717, 1.165) is 0 Å². The van der Waals surface area contributed by atoms with E-state index >= 15 is 0 Å². The fourth-order valence-corrected chi connectivity index (χ4v) is 2.02. The van der Waals surface area contributed by atoms with Gasteiger partial charge in [-0.05, 0) is 18.2 Å². The third kappa shape index (κ3) is 2.72. The average molecular weight is 285 g/mol. The lowest BCUT2D eigenvalue weighted by Crippen LogP contribution is -2.02. The van der Waals surface area contributed by atoms with Crippen molar-refractivity contribution in [1.82, 2.24) is 4.98 Å². The number of methoxy groups -OCH3 is 1. The van der Waals surface area contributed by atoms with Crippen molar-refractivity contribution in [3.8, 4) is 10.8 Å². The van der Waals surface area contributed by atoms with Gasteiger partial charge >= 0.3 is 5.97 Å². The van der Waals surface area contributed by atoms with Crippen molar-refractivity contribution in [2.24, 2.45) is 0 Å². The van der Waals surface area contributed by atoms with Gasteiger partial charge in [0.1, 0.15) is 5.75 Å². The predicted octanol–water partition coefficient (Wildman–Crippen LogP) is 2.96. The van der Waals surface area contributed by atoms with Crippen molar-refractivity contribution >= 4 is 34.0 Å². The Balaban J connectivity index is 2.27. The lowest BCUT2D eigenvalue weighted by atomic mass is 10.2. The van der Waals surface area contributed by atoms with Crippen LogP contribution >= 0.6 is 22.9 Å². The Morgan fingerprint density at radius 3 is 2.89 bits per heavy atom. The normalized spacial score (nSPS) is 10.1. The van der Waals surface area contributed by atoms with Crippen LogP contribution in [-0.4, -0.2) is 18.1 Å². The molecule has 18 heavy (non-hydrogen) atoms. The number of esters is 1. The third-order valence-electron chi connectivity index (χ3n) is 2.06. The molecule has 0 aliphatic carbocycles. The summed E-state index contributed by atoms with van der Waals surface area (Å²) in [5.41, 5.74) is 5.73. The molecular formula is C11H9ClN2O3S. The first-order valence-corrected chi connectivity index (χ1v) is 6.06. The first-order chi connectivity index (χ1) is 8.60. The van der Waals surface area contributed by atoms with Crippen molar-refractivity contribution in [2.45, 2.75) is 0 Å². The highest BCUT2D eigenvalue weighted by molar-refractivity contribution is 7.17. The van der Waals surface area contributed by atoms with Crippen LogP contribution in [-0.2, 0) is 4.74 Å². The minimum absolute atomic E-state index is 0.245. The molecule has 0 atom stereocenters. The summed E-state index contributed by atoms with van der Waals surface area (Å²) in [6.45, 7) is 0. The summed E-state index contributed by atoms with van der Waals surface area (Å²) in [6, 6.07) is 4.71. The van der Waals surface area contributed by atoms with E-state index in [1.54, 1.807) is 12.1 Å². The molecule has 0 spiro atoms. The summed E-state index contributed by atoms with van der Waals surface area (Å²) in [6.07, 6.45) is 1.51. The molecule has 94 valence electrons. The Morgan fingerprint density at radius 1 is 1.50 bits per heavy atom. The SMILES string of the molecule is COC(=O)c1cc(Oc2cnc(N)s2)ccc1Cl. The monoisotopic (exact) mass is 284 g/mol. The van der Waals surface area contributed by atoms with Crippen LogP contribution in [0.4, 0.5) is 5.13 Å². The van der Waals surface area contributed by atoms with Crippen LogP contribution in [0.5, 0.6) is 10.8 Å². The number of benzene rings is 1. The van der Waals surface area contributed by atoms with E-state index in [1.807, 2.05) is 0 Å². The highest BCUT2D eigenvalue weighted by atomic mass is 35.5. The summed E-state index contributed by atoms with van der Waals surface area (Å²) < 4.78 is 10.1. The van der Waals surface area contributed by atoms with Gasteiger partial charge in [0.2, 0.25) is 5.06 Å². The minimum atomic E-state index is -0.519. The minimum Gasteiger partial charge on any atom is -0.465 e. The molecule has 0 bridgehead atoms. The number of carbonyl (C=O) groups excluding carboxylic acids is 1. The van der Waals surface area contributed by atoms with Gasteiger partial charge in [-0.1, -0.05) is 22.9 Å². The van der Waals surface area contributed by atoms with E-state index in [2.05, 4.69) is 9.72 Å². The number of nitrogen functional groups attached to an aromatic ring is 1. The molecule has 0 radical (unpaired) electrons.